The summed E-state index contributed by atoms with van der Waals surface area (Å²) in [6.45, 7) is 3.30. The van der Waals surface area contributed by atoms with E-state index in [-0.39, 0.29) is 18.0 Å². The first-order chi connectivity index (χ1) is 13.2. The van der Waals surface area contributed by atoms with Gasteiger partial charge in [-0.1, -0.05) is 18.2 Å². The number of anilines is 1. The van der Waals surface area contributed by atoms with Gasteiger partial charge in [0.15, 0.2) is 11.5 Å². The highest BCUT2D eigenvalue weighted by molar-refractivity contribution is 5.96. The summed E-state index contributed by atoms with van der Waals surface area (Å²) in [6, 6.07) is 14.0. The van der Waals surface area contributed by atoms with Crippen LogP contribution in [-0.4, -0.2) is 37.7 Å². The molecule has 1 atom stereocenters. The predicted molar refractivity (Wildman–Crippen MR) is 102 cm³/mol. The molecule has 0 fully saturated rings. The lowest BCUT2D eigenvalue weighted by molar-refractivity contribution is 0.0854. The zero-order valence-corrected chi connectivity index (χ0v) is 15.2. The quantitative estimate of drug-likeness (QED) is 0.731. The SMILES string of the molecule is CCNC(=O)c1cccc(NC(=O)NCC[C@@H]2COc3ccccc3O2)c1. The largest absolute Gasteiger partial charge is 0.486 e. The van der Waals surface area contributed by atoms with E-state index in [0.29, 0.717) is 37.4 Å². The van der Waals surface area contributed by atoms with Crippen molar-refractivity contribution in [3.8, 4) is 11.5 Å². The molecule has 0 saturated carbocycles. The molecule has 2 aromatic rings. The molecule has 7 heteroatoms. The summed E-state index contributed by atoms with van der Waals surface area (Å²) in [7, 11) is 0. The number of para-hydroxylation sites is 2. The van der Waals surface area contributed by atoms with Gasteiger partial charge in [-0.05, 0) is 37.3 Å². The van der Waals surface area contributed by atoms with Crippen LogP contribution >= 0.6 is 0 Å². The molecule has 142 valence electrons. The fraction of sp³-hybridized carbons (Fsp3) is 0.300. The standard InChI is InChI=1S/C20H23N3O4/c1-2-21-19(24)14-6-5-7-15(12-14)23-20(25)22-11-10-16-13-26-17-8-3-4-9-18(17)27-16/h3-9,12,16H,2,10-11,13H2,1H3,(H,21,24)(H2,22,23,25)/t16-/m1/s1. The van der Waals surface area contributed by atoms with Crippen molar-refractivity contribution in [1.29, 1.82) is 0 Å². The van der Waals surface area contributed by atoms with Crippen molar-refractivity contribution in [2.75, 3.05) is 25.0 Å². The van der Waals surface area contributed by atoms with Crippen LogP contribution in [0.25, 0.3) is 0 Å². The molecule has 3 amide bonds. The van der Waals surface area contributed by atoms with E-state index < -0.39 is 0 Å². The number of ether oxygens (including phenoxy) is 2. The number of hydrogen-bond donors (Lipinski definition) is 3. The first-order valence-electron chi connectivity index (χ1n) is 8.97. The Labute approximate surface area is 158 Å². The Morgan fingerprint density at radius 2 is 1.89 bits per heavy atom. The fourth-order valence-electron chi connectivity index (χ4n) is 2.73. The maximum Gasteiger partial charge on any atom is 0.319 e. The Kier molecular flexibility index (Phi) is 6.14. The molecule has 27 heavy (non-hydrogen) atoms. The molecule has 0 radical (unpaired) electrons. The molecule has 0 bridgehead atoms. The molecule has 3 N–H and O–H groups in total. The van der Waals surface area contributed by atoms with Crippen LogP contribution in [0, 0.1) is 0 Å². The summed E-state index contributed by atoms with van der Waals surface area (Å²) < 4.78 is 11.5. The second-order valence-electron chi connectivity index (χ2n) is 6.11. The smallest absolute Gasteiger partial charge is 0.319 e. The summed E-state index contributed by atoms with van der Waals surface area (Å²) >= 11 is 0. The Hall–Kier alpha value is -3.22. The fourth-order valence-corrected chi connectivity index (χ4v) is 2.73. The van der Waals surface area contributed by atoms with Crippen LogP contribution in [0.15, 0.2) is 48.5 Å². The lowest BCUT2D eigenvalue weighted by Crippen LogP contribution is -2.35. The molecular weight excluding hydrogens is 346 g/mol. The van der Waals surface area contributed by atoms with Gasteiger partial charge >= 0.3 is 6.03 Å². The molecule has 1 heterocycles. The number of fused-ring (bicyclic) bond motifs is 1. The number of amides is 3. The molecule has 0 saturated heterocycles. The van der Waals surface area contributed by atoms with Crippen LogP contribution in [0.2, 0.25) is 0 Å². The molecule has 1 aliphatic rings. The molecule has 0 aromatic heterocycles. The maximum absolute atomic E-state index is 12.1. The molecular formula is C20H23N3O4. The minimum absolute atomic E-state index is 0.110. The minimum Gasteiger partial charge on any atom is -0.486 e. The van der Waals surface area contributed by atoms with Crippen LogP contribution < -0.4 is 25.4 Å². The lowest BCUT2D eigenvalue weighted by atomic mass is 10.2. The molecule has 3 rings (SSSR count). The Morgan fingerprint density at radius 1 is 1.07 bits per heavy atom. The van der Waals surface area contributed by atoms with Gasteiger partial charge in [0.05, 0.1) is 0 Å². The van der Waals surface area contributed by atoms with Crippen molar-refractivity contribution < 1.29 is 19.1 Å². The summed E-state index contributed by atoms with van der Waals surface area (Å²) in [5.74, 6) is 1.29. The second-order valence-corrected chi connectivity index (χ2v) is 6.11. The molecule has 0 unspecified atom stereocenters. The van der Waals surface area contributed by atoms with Gasteiger partial charge in [-0.15, -0.1) is 0 Å². The first-order valence-corrected chi connectivity index (χ1v) is 8.97. The molecule has 0 spiro atoms. The van der Waals surface area contributed by atoms with Crippen LogP contribution in [0.1, 0.15) is 23.7 Å². The number of urea groups is 1. The summed E-state index contributed by atoms with van der Waals surface area (Å²) in [4.78, 5) is 23.9. The zero-order valence-electron chi connectivity index (χ0n) is 15.2. The average Bonchev–Trinajstić information content (AvgIpc) is 2.68. The van der Waals surface area contributed by atoms with Crippen molar-refractivity contribution in [3.63, 3.8) is 0 Å². The highest BCUT2D eigenvalue weighted by atomic mass is 16.6. The highest BCUT2D eigenvalue weighted by Gasteiger charge is 2.20. The topological polar surface area (TPSA) is 88.7 Å². The monoisotopic (exact) mass is 369 g/mol. The van der Waals surface area contributed by atoms with Gasteiger partial charge < -0.3 is 25.4 Å². The highest BCUT2D eigenvalue weighted by Crippen LogP contribution is 2.31. The molecule has 7 nitrogen and oxygen atoms in total. The van der Waals surface area contributed by atoms with Gasteiger partial charge in [-0.2, -0.15) is 0 Å². The van der Waals surface area contributed by atoms with E-state index in [1.165, 1.54) is 0 Å². The summed E-state index contributed by atoms with van der Waals surface area (Å²) in [5.41, 5.74) is 1.06. The van der Waals surface area contributed by atoms with E-state index in [2.05, 4.69) is 16.0 Å². The number of carbonyl (C=O) groups is 2. The van der Waals surface area contributed by atoms with Crippen molar-refractivity contribution in [2.24, 2.45) is 0 Å². The predicted octanol–water partition coefficient (Wildman–Crippen LogP) is 2.79. The Bertz CT molecular complexity index is 809. The van der Waals surface area contributed by atoms with Crippen molar-refractivity contribution in [1.82, 2.24) is 10.6 Å². The third-order valence-electron chi connectivity index (χ3n) is 4.04. The van der Waals surface area contributed by atoms with Gasteiger partial charge in [0.1, 0.15) is 12.7 Å². The Balaban J connectivity index is 1.44. The molecule has 2 aromatic carbocycles. The van der Waals surface area contributed by atoms with Gasteiger partial charge in [0.25, 0.3) is 5.91 Å². The lowest BCUT2D eigenvalue weighted by Gasteiger charge is -2.26. The van der Waals surface area contributed by atoms with Crippen molar-refractivity contribution >= 4 is 17.6 Å². The van der Waals surface area contributed by atoms with Gasteiger partial charge in [0, 0.05) is 30.8 Å². The minimum atomic E-state index is -0.333. The van der Waals surface area contributed by atoms with Gasteiger partial charge in [0.2, 0.25) is 0 Å². The second kappa shape index (κ2) is 8.93. The average molecular weight is 369 g/mol. The van der Waals surface area contributed by atoms with E-state index in [4.69, 9.17) is 9.47 Å². The van der Waals surface area contributed by atoms with Crippen LogP contribution in [0.5, 0.6) is 11.5 Å². The van der Waals surface area contributed by atoms with Crippen LogP contribution in [-0.2, 0) is 0 Å². The van der Waals surface area contributed by atoms with Crippen molar-refractivity contribution in [3.05, 3.63) is 54.1 Å². The molecule has 1 aliphatic heterocycles. The van der Waals surface area contributed by atoms with E-state index in [1.807, 2.05) is 31.2 Å². The maximum atomic E-state index is 12.1. The number of rotatable bonds is 6. The number of hydrogen-bond acceptors (Lipinski definition) is 4. The normalized spacial score (nSPS) is 14.9. The van der Waals surface area contributed by atoms with E-state index >= 15 is 0 Å². The third kappa shape index (κ3) is 5.13. The van der Waals surface area contributed by atoms with Crippen LogP contribution in [0.3, 0.4) is 0 Å². The van der Waals surface area contributed by atoms with E-state index in [9.17, 15) is 9.59 Å². The first kappa shape index (κ1) is 18.6. The van der Waals surface area contributed by atoms with Gasteiger partial charge in [-0.3, -0.25) is 4.79 Å². The summed E-state index contributed by atoms with van der Waals surface area (Å²) in [6.07, 6.45) is 0.516. The number of nitrogens with one attached hydrogen (secondary N) is 3. The molecule has 0 aliphatic carbocycles. The van der Waals surface area contributed by atoms with Crippen molar-refractivity contribution in [2.45, 2.75) is 19.4 Å². The van der Waals surface area contributed by atoms with E-state index in [0.717, 1.165) is 11.5 Å². The van der Waals surface area contributed by atoms with Gasteiger partial charge in [-0.25, -0.2) is 4.79 Å². The number of carbonyl (C=O) groups excluding carboxylic acids is 2. The van der Waals surface area contributed by atoms with E-state index in [1.54, 1.807) is 24.3 Å². The zero-order chi connectivity index (χ0) is 19.1. The number of benzene rings is 2. The van der Waals surface area contributed by atoms with Crippen LogP contribution in [0.4, 0.5) is 10.5 Å². The Morgan fingerprint density at radius 3 is 2.70 bits per heavy atom. The summed E-state index contributed by atoms with van der Waals surface area (Å²) in [5, 5.41) is 8.25. The third-order valence-corrected chi connectivity index (χ3v) is 4.04.